The van der Waals surface area contributed by atoms with Crippen molar-refractivity contribution in [3.05, 3.63) is 29.8 Å². The molecule has 1 aromatic carbocycles. The molecule has 22 heavy (non-hydrogen) atoms. The van der Waals surface area contributed by atoms with Crippen LogP contribution in [0.25, 0.3) is 0 Å². The molecule has 4 nitrogen and oxygen atoms in total. The molecule has 0 spiro atoms. The van der Waals surface area contributed by atoms with Gasteiger partial charge in [-0.05, 0) is 62.3 Å². The summed E-state index contributed by atoms with van der Waals surface area (Å²) in [5.41, 5.74) is 1.82. The molecule has 2 aliphatic rings. The number of carbonyl (C=O) groups is 1. The lowest BCUT2D eigenvalue weighted by Crippen LogP contribution is -2.45. The van der Waals surface area contributed by atoms with Crippen molar-refractivity contribution >= 4 is 11.6 Å². The first-order valence-corrected chi connectivity index (χ1v) is 8.37. The summed E-state index contributed by atoms with van der Waals surface area (Å²) in [6.07, 6.45) is 3.56. The predicted octanol–water partition coefficient (Wildman–Crippen LogP) is 2.28. The Balaban J connectivity index is 1.67. The summed E-state index contributed by atoms with van der Waals surface area (Å²) in [4.78, 5) is 14.6. The number of aliphatic hydroxyl groups is 1. The summed E-state index contributed by atoms with van der Waals surface area (Å²) in [6.45, 7) is 3.23. The van der Waals surface area contributed by atoms with Gasteiger partial charge in [0.1, 0.15) is 0 Å². The highest BCUT2D eigenvalue weighted by Gasteiger charge is 2.47. The molecule has 120 valence electrons. The second kappa shape index (κ2) is 6.29. The van der Waals surface area contributed by atoms with E-state index in [-0.39, 0.29) is 24.5 Å². The number of rotatable bonds is 5. The Morgan fingerprint density at radius 1 is 1.27 bits per heavy atom. The zero-order valence-electron chi connectivity index (χ0n) is 13.5. The number of fused-ring (bicyclic) bond motifs is 2. The predicted molar refractivity (Wildman–Crippen MR) is 88.0 cm³/mol. The van der Waals surface area contributed by atoms with E-state index in [0.717, 1.165) is 18.7 Å². The minimum atomic E-state index is -0.0123. The first-order valence-electron chi connectivity index (χ1n) is 8.37. The Morgan fingerprint density at radius 3 is 2.59 bits per heavy atom. The third kappa shape index (κ3) is 2.72. The number of carbonyl (C=O) groups excluding carboxylic acids is 1. The van der Waals surface area contributed by atoms with Gasteiger partial charge < -0.3 is 15.3 Å². The van der Waals surface area contributed by atoms with Crippen molar-refractivity contribution in [3.8, 4) is 0 Å². The molecule has 0 radical (unpaired) electrons. The highest BCUT2D eigenvalue weighted by Crippen LogP contribution is 2.48. The number of benzene rings is 1. The second-order valence-corrected chi connectivity index (χ2v) is 6.74. The minimum absolute atomic E-state index is 0.0123. The first-order chi connectivity index (χ1) is 10.6. The van der Waals surface area contributed by atoms with Gasteiger partial charge in [-0.3, -0.25) is 4.79 Å². The van der Waals surface area contributed by atoms with E-state index >= 15 is 0 Å². The number of nitrogens with zero attached hydrogens (tertiary/aromatic N) is 1. The monoisotopic (exact) mass is 302 g/mol. The largest absolute Gasteiger partial charge is 0.396 e. The quantitative estimate of drug-likeness (QED) is 0.877. The molecule has 1 aromatic rings. The molecule has 2 bridgehead atoms. The number of nitrogens with one attached hydrogen (secondary N) is 1. The highest BCUT2D eigenvalue weighted by atomic mass is 16.3. The third-order valence-corrected chi connectivity index (χ3v) is 5.64. The van der Waals surface area contributed by atoms with Crippen molar-refractivity contribution in [2.75, 3.05) is 25.1 Å². The standard InChI is InChI=1S/C18H26N2O2/c1-3-20(2)15-8-6-12(7-9-15)18(22)19-17-14-5-4-13(10-14)16(17)11-21/h6-9,13-14,16-17,21H,3-5,10-11H2,1-2H3,(H,19,22). The van der Waals surface area contributed by atoms with E-state index in [2.05, 4.69) is 17.1 Å². The van der Waals surface area contributed by atoms with Crippen LogP contribution in [0.1, 0.15) is 36.5 Å². The average molecular weight is 302 g/mol. The summed E-state index contributed by atoms with van der Waals surface area (Å²) in [5.74, 6) is 1.38. The fraction of sp³-hybridized carbons (Fsp3) is 0.611. The van der Waals surface area contributed by atoms with Gasteiger partial charge in [-0.1, -0.05) is 0 Å². The molecule has 2 N–H and O–H groups in total. The lowest BCUT2D eigenvalue weighted by molar-refractivity contribution is 0.0861. The van der Waals surface area contributed by atoms with Gasteiger partial charge in [0.15, 0.2) is 0 Å². The van der Waals surface area contributed by atoms with E-state index in [9.17, 15) is 9.90 Å². The van der Waals surface area contributed by atoms with Crippen molar-refractivity contribution in [3.63, 3.8) is 0 Å². The topological polar surface area (TPSA) is 52.6 Å². The molecule has 2 aliphatic carbocycles. The van der Waals surface area contributed by atoms with Crippen LogP contribution in [-0.4, -0.2) is 37.3 Å². The van der Waals surface area contributed by atoms with Crippen LogP contribution in [-0.2, 0) is 0 Å². The Hall–Kier alpha value is -1.55. The van der Waals surface area contributed by atoms with Crippen LogP contribution < -0.4 is 10.2 Å². The van der Waals surface area contributed by atoms with Crippen molar-refractivity contribution < 1.29 is 9.90 Å². The fourth-order valence-corrected chi connectivity index (χ4v) is 4.18. The number of hydrogen-bond acceptors (Lipinski definition) is 3. The molecule has 4 unspecified atom stereocenters. The first kappa shape index (κ1) is 15.3. The van der Waals surface area contributed by atoms with Crippen LogP contribution in [0.4, 0.5) is 5.69 Å². The van der Waals surface area contributed by atoms with Gasteiger partial charge in [0.05, 0.1) is 0 Å². The van der Waals surface area contributed by atoms with Gasteiger partial charge in [0, 0.05) is 43.4 Å². The summed E-state index contributed by atoms with van der Waals surface area (Å²) in [7, 11) is 2.04. The van der Waals surface area contributed by atoms with Gasteiger partial charge in [-0.25, -0.2) is 0 Å². The zero-order chi connectivity index (χ0) is 15.7. The van der Waals surface area contributed by atoms with Crippen LogP contribution in [0, 0.1) is 17.8 Å². The molecular formula is C18H26N2O2. The van der Waals surface area contributed by atoms with Crippen LogP contribution in [0.3, 0.4) is 0 Å². The van der Waals surface area contributed by atoms with Crippen LogP contribution in [0.5, 0.6) is 0 Å². The minimum Gasteiger partial charge on any atom is -0.396 e. The van der Waals surface area contributed by atoms with E-state index in [1.807, 2.05) is 31.3 Å². The highest BCUT2D eigenvalue weighted by molar-refractivity contribution is 5.94. The normalized spacial score (nSPS) is 29.6. The van der Waals surface area contributed by atoms with Crippen molar-refractivity contribution in [2.24, 2.45) is 17.8 Å². The van der Waals surface area contributed by atoms with Gasteiger partial charge in [0.2, 0.25) is 0 Å². The van der Waals surface area contributed by atoms with Gasteiger partial charge in [0.25, 0.3) is 5.91 Å². The molecule has 2 fully saturated rings. The molecule has 0 aromatic heterocycles. The SMILES string of the molecule is CCN(C)c1ccc(C(=O)NC2C3CCC(C3)C2CO)cc1. The molecule has 3 rings (SSSR count). The number of hydrogen-bond donors (Lipinski definition) is 2. The average Bonchev–Trinajstić information content (AvgIpc) is 3.15. The second-order valence-electron chi connectivity index (χ2n) is 6.74. The number of anilines is 1. The lowest BCUT2D eigenvalue weighted by atomic mass is 9.85. The number of amides is 1. The number of aliphatic hydroxyl groups excluding tert-OH is 1. The molecule has 4 heteroatoms. The van der Waals surface area contributed by atoms with Gasteiger partial charge in [-0.15, -0.1) is 0 Å². The van der Waals surface area contributed by atoms with Gasteiger partial charge in [-0.2, -0.15) is 0 Å². The Labute approximate surface area is 132 Å². The molecule has 0 aliphatic heterocycles. The molecular weight excluding hydrogens is 276 g/mol. The Kier molecular flexibility index (Phi) is 4.39. The molecule has 4 atom stereocenters. The Morgan fingerprint density at radius 2 is 1.95 bits per heavy atom. The van der Waals surface area contributed by atoms with E-state index < -0.39 is 0 Å². The molecule has 2 saturated carbocycles. The van der Waals surface area contributed by atoms with E-state index in [4.69, 9.17) is 0 Å². The fourth-order valence-electron chi connectivity index (χ4n) is 4.18. The maximum Gasteiger partial charge on any atom is 0.251 e. The van der Waals surface area contributed by atoms with Crippen LogP contribution in [0.2, 0.25) is 0 Å². The van der Waals surface area contributed by atoms with E-state index in [1.54, 1.807) is 0 Å². The van der Waals surface area contributed by atoms with Gasteiger partial charge >= 0.3 is 0 Å². The van der Waals surface area contributed by atoms with Crippen molar-refractivity contribution in [2.45, 2.75) is 32.2 Å². The van der Waals surface area contributed by atoms with Crippen LogP contribution >= 0.6 is 0 Å². The third-order valence-electron chi connectivity index (χ3n) is 5.64. The van der Waals surface area contributed by atoms with E-state index in [1.165, 1.54) is 12.8 Å². The van der Waals surface area contributed by atoms with Crippen LogP contribution in [0.15, 0.2) is 24.3 Å². The molecule has 0 heterocycles. The molecule has 0 saturated heterocycles. The summed E-state index contributed by atoms with van der Waals surface area (Å²) >= 11 is 0. The van der Waals surface area contributed by atoms with Crippen molar-refractivity contribution in [1.29, 1.82) is 0 Å². The van der Waals surface area contributed by atoms with E-state index in [0.29, 0.717) is 17.4 Å². The maximum absolute atomic E-state index is 12.5. The summed E-state index contributed by atoms with van der Waals surface area (Å²) in [5, 5.41) is 12.8. The maximum atomic E-state index is 12.5. The lowest BCUT2D eigenvalue weighted by Gasteiger charge is -2.30. The zero-order valence-corrected chi connectivity index (χ0v) is 13.5. The summed E-state index contributed by atoms with van der Waals surface area (Å²) in [6, 6.07) is 7.90. The summed E-state index contributed by atoms with van der Waals surface area (Å²) < 4.78 is 0. The molecule has 1 amide bonds. The van der Waals surface area contributed by atoms with Crippen molar-refractivity contribution in [1.82, 2.24) is 5.32 Å². The Bertz CT molecular complexity index is 528. The smallest absolute Gasteiger partial charge is 0.251 e.